The van der Waals surface area contributed by atoms with Crippen molar-refractivity contribution in [3.05, 3.63) is 71.8 Å². The van der Waals surface area contributed by atoms with Crippen LogP contribution in [0.5, 0.6) is 0 Å². The van der Waals surface area contributed by atoms with E-state index in [-0.39, 0.29) is 0 Å². The normalized spacial score (nSPS) is 16.4. The molecule has 0 N–H and O–H groups in total. The van der Waals surface area contributed by atoms with Gasteiger partial charge in [-0.15, -0.1) is 0 Å². The van der Waals surface area contributed by atoms with Crippen LogP contribution in [0.3, 0.4) is 0 Å². The van der Waals surface area contributed by atoms with E-state index in [1.807, 2.05) is 0 Å². The maximum absolute atomic E-state index is 2.64. The first-order chi connectivity index (χ1) is 12.3. The first-order valence-corrected chi connectivity index (χ1v) is 9.82. The van der Waals surface area contributed by atoms with Crippen molar-refractivity contribution in [3.63, 3.8) is 0 Å². The smallest absolute Gasteiger partial charge is 0.0117 e. The van der Waals surface area contributed by atoms with Crippen LogP contribution < -0.4 is 0 Å². The van der Waals surface area contributed by atoms with Crippen molar-refractivity contribution in [1.29, 1.82) is 0 Å². The van der Waals surface area contributed by atoms with Crippen molar-refractivity contribution >= 4 is 0 Å². The molecule has 134 valence electrons. The number of rotatable bonds is 8. The molecule has 0 spiro atoms. The molecule has 1 aliphatic heterocycles. The number of piperidine rings is 1. The van der Waals surface area contributed by atoms with Gasteiger partial charge in [-0.05, 0) is 69.9 Å². The molecule has 2 heteroatoms. The van der Waals surface area contributed by atoms with Gasteiger partial charge in [-0.25, -0.2) is 0 Å². The van der Waals surface area contributed by atoms with Crippen LogP contribution >= 0.6 is 0 Å². The van der Waals surface area contributed by atoms with Crippen LogP contribution in [-0.4, -0.2) is 49.1 Å². The summed E-state index contributed by atoms with van der Waals surface area (Å²) in [5.41, 5.74) is 2.93. The van der Waals surface area contributed by atoms with Gasteiger partial charge in [0.05, 0.1) is 0 Å². The quantitative estimate of drug-likeness (QED) is 0.711. The van der Waals surface area contributed by atoms with E-state index in [1.54, 1.807) is 0 Å². The Morgan fingerprint density at radius 3 is 2.00 bits per heavy atom. The van der Waals surface area contributed by atoms with Crippen molar-refractivity contribution in [2.24, 2.45) is 0 Å². The molecule has 3 rings (SSSR count). The van der Waals surface area contributed by atoms with Crippen LogP contribution in [0.4, 0.5) is 0 Å². The Balaban J connectivity index is 1.32. The summed E-state index contributed by atoms with van der Waals surface area (Å²) in [7, 11) is 2.31. The summed E-state index contributed by atoms with van der Waals surface area (Å²) >= 11 is 0. The highest BCUT2D eigenvalue weighted by Crippen LogP contribution is 2.16. The Hall–Kier alpha value is -1.64. The van der Waals surface area contributed by atoms with Gasteiger partial charge in [-0.2, -0.15) is 0 Å². The molecule has 1 saturated heterocycles. The van der Waals surface area contributed by atoms with E-state index >= 15 is 0 Å². The lowest BCUT2D eigenvalue weighted by Gasteiger charge is -2.36. The highest BCUT2D eigenvalue weighted by Gasteiger charge is 2.21. The molecule has 2 aromatic rings. The van der Waals surface area contributed by atoms with Gasteiger partial charge in [0.1, 0.15) is 0 Å². The van der Waals surface area contributed by atoms with Crippen LogP contribution in [0.1, 0.15) is 30.4 Å². The average Bonchev–Trinajstić information content (AvgIpc) is 2.68. The fraction of sp³-hybridized carbons (Fsp3) is 0.478. The van der Waals surface area contributed by atoms with E-state index in [0.717, 1.165) is 6.04 Å². The molecule has 0 saturated carbocycles. The summed E-state index contributed by atoms with van der Waals surface area (Å²) < 4.78 is 0. The second-order valence-electron chi connectivity index (χ2n) is 7.38. The number of benzene rings is 2. The number of hydrogen-bond acceptors (Lipinski definition) is 2. The second-order valence-corrected chi connectivity index (χ2v) is 7.38. The van der Waals surface area contributed by atoms with E-state index in [2.05, 4.69) is 77.5 Å². The minimum atomic E-state index is 0.767. The minimum Gasteiger partial charge on any atom is -0.303 e. The summed E-state index contributed by atoms with van der Waals surface area (Å²) in [4.78, 5) is 5.23. The molecule has 25 heavy (non-hydrogen) atoms. The van der Waals surface area contributed by atoms with Crippen LogP contribution in [0, 0.1) is 0 Å². The van der Waals surface area contributed by atoms with Gasteiger partial charge in [0.25, 0.3) is 0 Å². The van der Waals surface area contributed by atoms with Crippen molar-refractivity contribution in [3.8, 4) is 0 Å². The van der Waals surface area contributed by atoms with Crippen LogP contribution in [0.2, 0.25) is 0 Å². The van der Waals surface area contributed by atoms with Crippen molar-refractivity contribution in [1.82, 2.24) is 9.80 Å². The van der Waals surface area contributed by atoms with E-state index in [0.29, 0.717) is 0 Å². The van der Waals surface area contributed by atoms with Crippen molar-refractivity contribution in [2.75, 3.05) is 33.2 Å². The molecule has 0 aromatic heterocycles. The highest BCUT2D eigenvalue weighted by atomic mass is 15.2. The summed E-state index contributed by atoms with van der Waals surface area (Å²) in [6.07, 6.45) is 6.27. The number of likely N-dealkylation sites (tertiary alicyclic amines) is 1. The Kier molecular flexibility index (Phi) is 7.08. The highest BCUT2D eigenvalue weighted by molar-refractivity contribution is 5.15. The number of nitrogens with zero attached hydrogens (tertiary/aromatic N) is 2. The van der Waals surface area contributed by atoms with Crippen molar-refractivity contribution in [2.45, 2.75) is 38.1 Å². The summed E-state index contributed by atoms with van der Waals surface area (Å²) in [6, 6.07) is 22.5. The van der Waals surface area contributed by atoms with Gasteiger partial charge in [0.15, 0.2) is 0 Å². The maximum Gasteiger partial charge on any atom is 0.0117 e. The fourth-order valence-electron chi connectivity index (χ4n) is 3.88. The molecule has 1 aliphatic rings. The standard InChI is InChI=1S/C23H32N2/c1-24(17-8-13-21-9-4-2-5-10-21)23-15-19-25(20-16-23)18-14-22-11-6-3-7-12-22/h2-7,9-12,23H,8,13-20H2,1H3. The summed E-state index contributed by atoms with van der Waals surface area (Å²) in [5.74, 6) is 0. The SMILES string of the molecule is CN(CCCc1ccccc1)C1CCN(CCc2ccccc2)CC1. The van der Waals surface area contributed by atoms with E-state index in [4.69, 9.17) is 0 Å². The molecule has 0 amide bonds. The minimum absolute atomic E-state index is 0.767. The molecule has 2 nitrogen and oxygen atoms in total. The van der Waals surface area contributed by atoms with E-state index in [9.17, 15) is 0 Å². The van der Waals surface area contributed by atoms with Gasteiger partial charge in [-0.3, -0.25) is 0 Å². The van der Waals surface area contributed by atoms with Crippen LogP contribution in [0.25, 0.3) is 0 Å². The molecule has 0 radical (unpaired) electrons. The molecular weight excluding hydrogens is 304 g/mol. The average molecular weight is 337 g/mol. The topological polar surface area (TPSA) is 6.48 Å². The molecule has 1 heterocycles. The summed E-state index contributed by atoms with van der Waals surface area (Å²) in [5, 5.41) is 0. The third kappa shape index (κ3) is 5.98. The van der Waals surface area contributed by atoms with E-state index in [1.165, 1.54) is 69.4 Å². The zero-order valence-corrected chi connectivity index (χ0v) is 15.6. The van der Waals surface area contributed by atoms with Crippen LogP contribution in [0.15, 0.2) is 60.7 Å². The van der Waals surface area contributed by atoms with Gasteiger partial charge < -0.3 is 9.80 Å². The molecule has 1 fully saturated rings. The zero-order chi connectivity index (χ0) is 17.3. The predicted octanol–water partition coefficient (Wildman–Crippen LogP) is 4.26. The number of aryl methyl sites for hydroxylation is 1. The molecular formula is C23H32N2. The monoisotopic (exact) mass is 336 g/mol. The third-order valence-electron chi connectivity index (χ3n) is 5.56. The van der Waals surface area contributed by atoms with Crippen molar-refractivity contribution < 1.29 is 0 Å². The fourth-order valence-corrected chi connectivity index (χ4v) is 3.88. The molecule has 0 unspecified atom stereocenters. The molecule has 0 bridgehead atoms. The lowest BCUT2D eigenvalue weighted by atomic mass is 10.0. The Bertz CT molecular complexity index is 588. The lowest BCUT2D eigenvalue weighted by molar-refractivity contribution is 0.128. The first kappa shape index (κ1) is 18.2. The third-order valence-corrected chi connectivity index (χ3v) is 5.56. The Labute approximate surface area is 153 Å². The van der Waals surface area contributed by atoms with Gasteiger partial charge in [0, 0.05) is 12.6 Å². The zero-order valence-electron chi connectivity index (χ0n) is 15.6. The van der Waals surface area contributed by atoms with Crippen LogP contribution in [-0.2, 0) is 12.8 Å². The Morgan fingerprint density at radius 2 is 1.40 bits per heavy atom. The lowest BCUT2D eigenvalue weighted by Crippen LogP contribution is -2.44. The Morgan fingerprint density at radius 1 is 0.840 bits per heavy atom. The molecule has 0 aliphatic carbocycles. The van der Waals surface area contributed by atoms with Gasteiger partial charge >= 0.3 is 0 Å². The maximum atomic E-state index is 2.64. The molecule has 0 atom stereocenters. The van der Waals surface area contributed by atoms with E-state index < -0.39 is 0 Å². The largest absolute Gasteiger partial charge is 0.303 e. The number of hydrogen-bond donors (Lipinski definition) is 0. The predicted molar refractivity (Wildman–Crippen MR) is 107 cm³/mol. The second kappa shape index (κ2) is 9.74. The first-order valence-electron chi connectivity index (χ1n) is 9.82. The summed E-state index contributed by atoms with van der Waals surface area (Å²) in [6.45, 7) is 4.92. The molecule has 2 aromatic carbocycles. The van der Waals surface area contributed by atoms with Gasteiger partial charge in [0.2, 0.25) is 0 Å². The van der Waals surface area contributed by atoms with Gasteiger partial charge in [-0.1, -0.05) is 60.7 Å².